The first-order valence-electron chi connectivity index (χ1n) is 8.71. The normalized spacial score (nSPS) is 16.0. The van der Waals surface area contributed by atoms with Gasteiger partial charge >= 0.3 is 0 Å². The number of ether oxygens (including phenoxy) is 1. The zero-order valence-corrected chi connectivity index (χ0v) is 13.7. The first kappa shape index (κ1) is 15.2. The van der Waals surface area contributed by atoms with Crippen LogP contribution >= 0.6 is 0 Å². The summed E-state index contributed by atoms with van der Waals surface area (Å²) in [5.41, 5.74) is 0.653. The van der Waals surface area contributed by atoms with Crippen LogP contribution in [0.25, 0.3) is 0 Å². The van der Waals surface area contributed by atoms with Gasteiger partial charge in [0.2, 0.25) is 0 Å². The minimum absolute atomic E-state index is 0.0649. The molecule has 6 heteroatoms. The molecule has 4 rings (SSSR count). The van der Waals surface area contributed by atoms with Crippen molar-refractivity contribution in [2.24, 2.45) is 5.92 Å². The number of amides is 1. The largest absolute Gasteiger partial charge is 0.493 e. The molecule has 1 amide bonds. The van der Waals surface area contributed by atoms with Gasteiger partial charge in [-0.3, -0.25) is 4.79 Å². The highest BCUT2D eigenvalue weighted by molar-refractivity contribution is 5.94. The second kappa shape index (κ2) is 6.63. The van der Waals surface area contributed by atoms with E-state index in [1.807, 2.05) is 24.3 Å². The van der Waals surface area contributed by atoms with Gasteiger partial charge in [0, 0.05) is 31.5 Å². The van der Waals surface area contributed by atoms with Gasteiger partial charge < -0.3 is 14.6 Å². The lowest BCUT2D eigenvalue weighted by molar-refractivity contribution is 0.0954. The Balaban J connectivity index is 1.26. The van der Waals surface area contributed by atoms with E-state index in [0.29, 0.717) is 18.5 Å². The second-order valence-electron chi connectivity index (χ2n) is 6.57. The number of aromatic nitrogens is 3. The summed E-state index contributed by atoms with van der Waals surface area (Å²) in [5, 5.41) is 11.3. The van der Waals surface area contributed by atoms with Crippen molar-refractivity contribution < 1.29 is 9.53 Å². The minimum atomic E-state index is -0.0649. The zero-order valence-electron chi connectivity index (χ0n) is 13.7. The van der Waals surface area contributed by atoms with Gasteiger partial charge in [0.1, 0.15) is 17.4 Å². The molecule has 126 valence electrons. The summed E-state index contributed by atoms with van der Waals surface area (Å²) >= 11 is 0. The number of carbonyl (C=O) groups excluding carboxylic acids is 1. The van der Waals surface area contributed by atoms with Gasteiger partial charge in [0.15, 0.2) is 0 Å². The summed E-state index contributed by atoms with van der Waals surface area (Å²) in [5.74, 6) is 3.53. The van der Waals surface area contributed by atoms with Gasteiger partial charge in [-0.1, -0.05) is 0 Å². The molecule has 0 bridgehead atoms. The highest BCUT2D eigenvalue weighted by atomic mass is 16.5. The summed E-state index contributed by atoms with van der Waals surface area (Å²) < 4.78 is 7.85. The molecule has 1 aliphatic carbocycles. The van der Waals surface area contributed by atoms with Crippen molar-refractivity contribution in [2.75, 3.05) is 13.2 Å². The lowest BCUT2D eigenvalue weighted by atomic mass is 10.2. The Morgan fingerprint density at radius 1 is 1.25 bits per heavy atom. The fourth-order valence-corrected chi connectivity index (χ4v) is 2.99. The Hall–Kier alpha value is -2.37. The molecule has 1 aromatic carbocycles. The second-order valence-corrected chi connectivity index (χ2v) is 6.57. The fourth-order valence-electron chi connectivity index (χ4n) is 2.99. The summed E-state index contributed by atoms with van der Waals surface area (Å²) in [6.45, 7) is 2.35. The van der Waals surface area contributed by atoms with E-state index in [1.54, 1.807) is 0 Å². The van der Waals surface area contributed by atoms with Gasteiger partial charge in [0.05, 0.1) is 6.61 Å². The fraction of sp³-hybridized carbons (Fsp3) is 0.500. The molecule has 6 nitrogen and oxygen atoms in total. The van der Waals surface area contributed by atoms with Crippen LogP contribution < -0.4 is 10.1 Å². The number of hydrogen-bond acceptors (Lipinski definition) is 4. The van der Waals surface area contributed by atoms with Crippen molar-refractivity contribution in [3.8, 4) is 5.75 Å². The van der Waals surface area contributed by atoms with E-state index in [2.05, 4.69) is 20.1 Å². The molecule has 1 N–H and O–H groups in total. The molecule has 0 radical (unpaired) electrons. The van der Waals surface area contributed by atoms with Crippen molar-refractivity contribution in [1.82, 2.24) is 20.1 Å². The average molecular weight is 326 g/mol. The molecule has 0 spiro atoms. The highest BCUT2D eigenvalue weighted by Crippen LogP contribution is 2.29. The first-order valence-corrected chi connectivity index (χ1v) is 8.71. The van der Waals surface area contributed by atoms with Crippen LogP contribution in [-0.2, 0) is 19.4 Å². The Labute approximate surface area is 141 Å². The first-order chi connectivity index (χ1) is 11.8. The van der Waals surface area contributed by atoms with E-state index in [-0.39, 0.29) is 5.91 Å². The lowest BCUT2D eigenvalue weighted by Crippen LogP contribution is -2.26. The summed E-state index contributed by atoms with van der Waals surface area (Å²) in [4.78, 5) is 12.2. The number of hydrogen-bond donors (Lipinski definition) is 1. The van der Waals surface area contributed by atoms with Gasteiger partial charge in [0.25, 0.3) is 5.91 Å². The molecule has 24 heavy (non-hydrogen) atoms. The van der Waals surface area contributed by atoms with Crippen LogP contribution in [0.15, 0.2) is 24.3 Å². The van der Waals surface area contributed by atoms with Crippen molar-refractivity contribution >= 4 is 5.91 Å². The Morgan fingerprint density at radius 3 is 2.88 bits per heavy atom. The Bertz CT molecular complexity index is 719. The smallest absolute Gasteiger partial charge is 0.251 e. The van der Waals surface area contributed by atoms with Crippen LogP contribution in [0.3, 0.4) is 0 Å². The Morgan fingerprint density at radius 2 is 2.08 bits per heavy atom. The van der Waals surface area contributed by atoms with Gasteiger partial charge in [-0.25, -0.2) is 0 Å². The molecule has 1 saturated carbocycles. The number of carbonyl (C=O) groups is 1. The Kier molecular flexibility index (Phi) is 4.19. The van der Waals surface area contributed by atoms with E-state index in [9.17, 15) is 4.79 Å². The topological polar surface area (TPSA) is 69.0 Å². The summed E-state index contributed by atoms with van der Waals surface area (Å²) in [6, 6.07) is 7.35. The molecule has 0 saturated heterocycles. The molecule has 1 aliphatic heterocycles. The number of nitrogens with one attached hydrogen (secondary N) is 1. The molecular formula is C18H22N4O2. The molecule has 0 unspecified atom stereocenters. The number of aryl methyl sites for hydroxylation is 1. The van der Waals surface area contributed by atoms with E-state index in [4.69, 9.17) is 4.74 Å². The quantitative estimate of drug-likeness (QED) is 0.845. The standard InChI is InChI=1S/C18H22N4O2/c23-18(14-5-7-15(8-6-14)24-12-13-3-4-13)19-10-9-17-21-20-16-2-1-11-22(16)17/h5-8,13H,1-4,9-12H2,(H,19,23). The number of benzene rings is 1. The van der Waals surface area contributed by atoms with Crippen LogP contribution in [0, 0.1) is 5.92 Å². The minimum Gasteiger partial charge on any atom is -0.493 e. The maximum atomic E-state index is 12.2. The third kappa shape index (κ3) is 3.42. The third-order valence-electron chi connectivity index (χ3n) is 4.62. The monoisotopic (exact) mass is 326 g/mol. The van der Waals surface area contributed by atoms with Crippen molar-refractivity contribution in [3.05, 3.63) is 41.5 Å². The van der Waals surface area contributed by atoms with Gasteiger partial charge in [-0.05, 0) is 49.4 Å². The van der Waals surface area contributed by atoms with Crippen LogP contribution in [-0.4, -0.2) is 33.8 Å². The number of fused-ring (bicyclic) bond motifs is 1. The van der Waals surface area contributed by atoms with Crippen molar-refractivity contribution in [3.63, 3.8) is 0 Å². The number of nitrogens with zero attached hydrogens (tertiary/aromatic N) is 3. The summed E-state index contributed by atoms with van der Waals surface area (Å²) in [6.07, 6.45) is 5.40. The van der Waals surface area contributed by atoms with Crippen molar-refractivity contribution in [1.29, 1.82) is 0 Å². The predicted molar refractivity (Wildman–Crippen MR) is 89.0 cm³/mol. The van der Waals surface area contributed by atoms with E-state index < -0.39 is 0 Å². The molecule has 0 atom stereocenters. The average Bonchev–Trinajstić information content (AvgIpc) is 3.18. The van der Waals surface area contributed by atoms with Gasteiger partial charge in [-0.2, -0.15) is 0 Å². The molecule has 2 aromatic rings. The maximum Gasteiger partial charge on any atom is 0.251 e. The van der Waals surface area contributed by atoms with Crippen LogP contribution in [0.4, 0.5) is 0 Å². The van der Waals surface area contributed by atoms with Crippen LogP contribution in [0.2, 0.25) is 0 Å². The van der Waals surface area contributed by atoms with Crippen molar-refractivity contribution in [2.45, 2.75) is 38.6 Å². The lowest BCUT2D eigenvalue weighted by Gasteiger charge is -2.08. The van der Waals surface area contributed by atoms with Crippen LogP contribution in [0.5, 0.6) is 5.75 Å². The summed E-state index contributed by atoms with van der Waals surface area (Å²) in [7, 11) is 0. The van der Waals surface area contributed by atoms with E-state index >= 15 is 0 Å². The SMILES string of the molecule is O=C(NCCc1nnc2n1CCC2)c1ccc(OCC2CC2)cc1. The van der Waals surface area contributed by atoms with Gasteiger partial charge in [-0.15, -0.1) is 10.2 Å². The predicted octanol–water partition coefficient (Wildman–Crippen LogP) is 1.99. The molecule has 2 aliphatic rings. The molecule has 1 aromatic heterocycles. The molecular weight excluding hydrogens is 304 g/mol. The third-order valence-corrected chi connectivity index (χ3v) is 4.62. The van der Waals surface area contributed by atoms with E-state index in [1.165, 1.54) is 12.8 Å². The zero-order chi connectivity index (χ0) is 16.4. The maximum absolute atomic E-state index is 12.2. The molecule has 1 fully saturated rings. The molecule has 2 heterocycles. The van der Waals surface area contributed by atoms with Crippen LogP contribution in [0.1, 0.15) is 41.3 Å². The highest BCUT2D eigenvalue weighted by Gasteiger charge is 2.22. The number of rotatable bonds is 7. The van der Waals surface area contributed by atoms with E-state index in [0.717, 1.165) is 49.3 Å².